The highest BCUT2D eigenvalue weighted by atomic mass is 16.3. The maximum Gasteiger partial charge on any atom is 0.317 e. The van der Waals surface area contributed by atoms with Crippen LogP contribution in [-0.2, 0) is 13.5 Å². The number of carbonyl (C=O) groups excluding carboxylic acids is 1. The zero-order valence-electron chi connectivity index (χ0n) is 14.8. The first-order valence-corrected chi connectivity index (χ1v) is 8.60. The van der Waals surface area contributed by atoms with Crippen LogP contribution in [0, 0.1) is 19.8 Å². The van der Waals surface area contributed by atoms with E-state index in [4.69, 9.17) is 0 Å². The van der Waals surface area contributed by atoms with Gasteiger partial charge in [-0.05, 0) is 57.9 Å². The highest BCUT2D eigenvalue weighted by Gasteiger charge is 2.25. The lowest BCUT2D eigenvalue weighted by atomic mass is 9.92. The molecule has 1 atom stereocenters. The van der Waals surface area contributed by atoms with Crippen molar-refractivity contribution in [3.8, 4) is 0 Å². The Bertz CT molecular complexity index is 531. The van der Waals surface area contributed by atoms with E-state index in [1.54, 1.807) is 0 Å². The summed E-state index contributed by atoms with van der Waals surface area (Å²) >= 11 is 0. The third-order valence-electron chi connectivity index (χ3n) is 5.05. The largest absolute Gasteiger partial charge is 0.393 e. The summed E-state index contributed by atoms with van der Waals surface area (Å²) in [5, 5.41) is 17.0. The van der Waals surface area contributed by atoms with Crippen LogP contribution in [0.1, 0.15) is 43.1 Å². The molecule has 1 aromatic heterocycles. The summed E-state index contributed by atoms with van der Waals surface area (Å²) in [6, 6.07) is 0.0219. The number of aliphatic hydroxyl groups is 1. The van der Waals surface area contributed by atoms with Gasteiger partial charge in [-0.2, -0.15) is 5.10 Å². The Kier molecular flexibility index (Phi) is 6.04. The van der Waals surface area contributed by atoms with E-state index in [1.165, 1.54) is 11.3 Å². The quantitative estimate of drug-likeness (QED) is 0.812. The fraction of sp³-hybridized carbons (Fsp3) is 0.765. The summed E-state index contributed by atoms with van der Waals surface area (Å²) in [7, 11) is 1.96. The number of nitrogens with one attached hydrogen (secondary N) is 1. The average Bonchev–Trinajstić information content (AvgIpc) is 2.77. The van der Waals surface area contributed by atoms with Crippen LogP contribution in [0.2, 0.25) is 0 Å². The van der Waals surface area contributed by atoms with Gasteiger partial charge in [-0.15, -0.1) is 0 Å². The molecule has 6 nitrogen and oxygen atoms in total. The van der Waals surface area contributed by atoms with E-state index < -0.39 is 0 Å². The fourth-order valence-corrected chi connectivity index (χ4v) is 3.34. The van der Waals surface area contributed by atoms with Crippen molar-refractivity contribution in [1.29, 1.82) is 0 Å². The molecule has 1 aliphatic rings. The van der Waals surface area contributed by atoms with Crippen LogP contribution in [-0.4, -0.2) is 51.6 Å². The van der Waals surface area contributed by atoms with Crippen LogP contribution in [0.4, 0.5) is 4.79 Å². The lowest BCUT2D eigenvalue weighted by Crippen LogP contribution is -2.46. The molecular formula is C17H30N4O2. The molecule has 0 radical (unpaired) electrons. The highest BCUT2D eigenvalue weighted by molar-refractivity contribution is 5.74. The van der Waals surface area contributed by atoms with Crippen molar-refractivity contribution in [3.63, 3.8) is 0 Å². The minimum Gasteiger partial charge on any atom is -0.393 e. The van der Waals surface area contributed by atoms with E-state index in [-0.39, 0.29) is 12.1 Å². The lowest BCUT2D eigenvalue weighted by Gasteiger charge is -2.33. The Balaban J connectivity index is 1.69. The molecule has 6 heteroatoms. The molecule has 1 aliphatic heterocycles. The van der Waals surface area contributed by atoms with Gasteiger partial charge in [-0.25, -0.2) is 4.79 Å². The first-order valence-electron chi connectivity index (χ1n) is 8.60. The number of piperidine rings is 1. The van der Waals surface area contributed by atoms with Gasteiger partial charge in [0.2, 0.25) is 0 Å². The molecule has 2 heterocycles. The van der Waals surface area contributed by atoms with Crippen molar-refractivity contribution in [2.45, 2.75) is 52.6 Å². The maximum absolute atomic E-state index is 12.2. The number of hydrogen-bond donors (Lipinski definition) is 2. The Morgan fingerprint density at radius 3 is 2.57 bits per heavy atom. The van der Waals surface area contributed by atoms with Crippen molar-refractivity contribution in [2.75, 3.05) is 19.6 Å². The molecule has 0 bridgehead atoms. The molecule has 0 aromatic carbocycles. The highest BCUT2D eigenvalue weighted by Crippen LogP contribution is 2.20. The van der Waals surface area contributed by atoms with E-state index >= 15 is 0 Å². The first-order chi connectivity index (χ1) is 10.9. The number of rotatable bonds is 5. The summed E-state index contributed by atoms with van der Waals surface area (Å²) in [6.45, 7) is 8.11. The number of carbonyl (C=O) groups is 1. The Labute approximate surface area is 138 Å². The van der Waals surface area contributed by atoms with Gasteiger partial charge in [-0.3, -0.25) is 4.68 Å². The molecule has 1 unspecified atom stereocenters. The van der Waals surface area contributed by atoms with Crippen molar-refractivity contribution < 1.29 is 9.90 Å². The smallest absolute Gasteiger partial charge is 0.317 e. The molecule has 2 N–H and O–H groups in total. The lowest BCUT2D eigenvalue weighted by molar-refractivity contribution is 0.0798. The average molecular weight is 322 g/mol. The van der Waals surface area contributed by atoms with Gasteiger partial charge in [0.25, 0.3) is 0 Å². The predicted octanol–water partition coefficient (Wildman–Crippen LogP) is 1.77. The third-order valence-corrected chi connectivity index (χ3v) is 5.05. The van der Waals surface area contributed by atoms with Crippen LogP contribution >= 0.6 is 0 Å². The second kappa shape index (κ2) is 7.81. The van der Waals surface area contributed by atoms with E-state index in [2.05, 4.69) is 17.3 Å². The summed E-state index contributed by atoms with van der Waals surface area (Å²) in [5.41, 5.74) is 3.57. The third kappa shape index (κ3) is 4.47. The molecule has 2 amide bonds. The van der Waals surface area contributed by atoms with Crippen molar-refractivity contribution in [2.24, 2.45) is 13.0 Å². The molecule has 1 saturated heterocycles. The molecule has 0 saturated carbocycles. The van der Waals surface area contributed by atoms with E-state index in [0.29, 0.717) is 12.5 Å². The van der Waals surface area contributed by atoms with E-state index in [0.717, 1.165) is 44.5 Å². The molecule has 1 aromatic rings. The zero-order chi connectivity index (χ0) is 17.0. The van der Waals surface area contributed by atoms with Crippen LogP contribution in [0.15, 0.2) is 0 Å². The maximum atomic E-state index is 12.2. The van der Waals surface area contributed by atoms with Crippen LogP contribution in [0.25, 0.3) is 0 Å². The second-order valence-corrected chi connectivity index (χ2v) is 6.67. The zero-order valence-corrected chi connectivity index (χ0v) is 14.8. The summed E-state index contributed by atoms with van der Waals surface area (Å²) in [5.74, 6) is 0.329. The van der Waals surface area contributed by atoms with Gasteiger partial charge >= 0.3 is 6.03 Å². The van der Waals surface area contributed by atoms with Gasteiger partial charge in [0, 0.05) is 32.4 Å². The van der Waals surface area contributed by atoms with Crippen LogP contribution in [0.3, 0.4) is 0 Å². The molecule has 1 fully saturated rings. The summed E-state index contributed by atoms with van der Waals surface area (Å²) in [4.78, 5) is 14.0. The first kappa shape index (κ1) is 17.8. The Morgan fingerprint density at radius 1 is 1.39 bits per heavy atom. The number of likely N-dealkylation sites (tertiary alicyclic amines) is 1. The van der Waals surface area contributed by atoms with Gasteiger partial charge in [-0.1, -0.05) is 0 Å². The Morgan fingerprint density at radius 2 is 2.04 bits per heavy atom. The molecule has 0 spiro atoms. The molecule has 0 aliphatic carbocycles. The monoisotopic (exact) mass is 322 g/mol. The number of aliphatic hydroxyl groups excluding tert-OH is 1. The van der Waals surface area contributed by atoms with Crippen LogP contribution < -0.4 is 5.32 Å². The normalized spacial score (nSPS) is 17.3. The van der Waals surface area contributed by atoms with Crippen molar-refractivity contribution in [3.05, 3.63) is 17.0 Å². The van der Waals surface area contributed by atoms with Gasteiger partial charge in [0.05, 0.1) is 11.8 Å². The van der Waals surface area contributed by atoms with E-state index in [9.17, 15) is 9.90 Å². The number of hydrogen-bond acceptors (Lipinski definition) is 3. The second-order valence-electron chi connectivity index (χ2n) is 6.67. The SMILES string of the molecule is Cc1nn(C)c(C)c1CCCNC(=O)N1CCC(C(C)O)CC1. The molecular weight excluding hydrogens is 292 g/mol. The minimum atomic E-state index is -0.272. The number of urea groups is 1. The molecule has 130 valence electrons. The minimum absolute atomic E-state index is 0.0219. The van der Waals surface area contributed by atoms with E-state index in [1.807, 2.05) is 30.5 Å². The number of nitrogens with zero attached hydrogens (tertiary/aromatic N) is 3. The fourth-order valence-electron chi connectivity index (χ4n) is 3.34. The number of aromatic nitrogens is 2. The summed E-state index contributed by atoms with van der Waals surface area (Å²) < 4.78 is 1.91. The number of amides is 2. The summed E-state index contributed by atoms with van der Waals surface area (Å²) in [6.07, 6.45) is 3.36. The number of aryl methyl sites for hydroxylation is 2. The van der Waals surface area contributed by atoms with Crippen molar-refractivity contribution in [1.82, 2.24) is 20.0 Å². The Hall–Kier alpha value is -1.56. The molecule has 23 heavy (non-hydrogen) atoms. The van der Waals surface area contributed by atoms with Crippen LogP contribution in [0.5, 0.6) is 0 Å². The van der Waals surface area contributed by atoms with Crippen molar-refractivity contribution >= 4 is 6.03 Å². The molecule has 2 rings (SSSR count). The van der Waals surface area contributed by atoms with Gasteiger partial charge < -0.3 is 15.3 Å². The standard InChI is InChI=1S/C17H30N4O2/c1-12-16(13(2)20(4)19-12)6-5-9-18-17(23)21-10-7-15(8-11-21)14(3)22/h14-15,22H,5-11H2,1-4H3,(H,18,23). The topological polar surface area (TPSA) is 70.4 Å². The van der Waals surface area contributed by atoms with Gasteiger partial charge in [0.1, 0.15) is 0 Å². The predicted molar refractivity (Wildman–Crippen MR) is 90.4 cm³/mol. The van der Waals surface area contributed by atoms with Gasteiger partial charge in [0.15, 0.2) is 0 Å².